The van der Waals surface area contributed by atoms with Gasteiger partial charge in [0, 0.05) is 18.2 Å². The van der Waals surface area contributed by atoms with Gasteiger partial charge in [0.25, 0.3) is 0 Å². The number of hydrogen-bond donors (Lipinski definition) is 2. The van der Waals surface area contributed by atoms with Crippen molar-refractivity contribution in [2.45, 2.75) is 44.6 Å². The van der Waals surface area contributed by atoms with Crippen molar-refractivity contribution in [2.24, 2.45) is 5.73 Å². The van der Waals surface area contributed by atoms with Gasteiger partial charge < -0.3 is 5.73 Å². The summed E-state index contributed by atoms with van der Waals surface area (Å²) in [5.41, 5.74) is 8.87. The van der Waals surface area contributed by atoms with Crippen LogP contribution in [0, 0.1) is 6.92 Å². The first-order valence-corrected chi connectivity index (χ1v) is 6.48. The maximum absolute atomic E-state index is 11.7. The first kappa shape index (κ1) is 11.5. The zero-order valence-corrected chi connectivity index (χ0v) is 10.5. The summed E-state index contributed by atoms with van der Waals surface area (Å²) in [6, 6.07) is 2.29. The lowest BCUT2D eigenvalue weighted by atomic mass is 9.84. The van der Waals surface area contributed by atoms with Crippen LogP contribution >= 0.6 is 0 Å². The molecule has 0 aliphatic heterocycles. The summed E-state index contributed by atoms with van der Waals surface area (Å²) >= 11 is 0. The van der Waals surface area contributed by atoms with E-state index < -0.39 is 0 Å². The van der Waals surface area contributed by atoms with Crippen LogP contribution in [0.2, 0.25) is 0 Å². The number of fused-ring (bicyclic) bond motifs is 1. The van der Waals surface area contributed by atoms with Crippen LogP contribution in [-0.4, -0.2) is 20.6 Å². The van der Waals surface area contributed by atoms with E-state index in [-0.39, 0.29) is 5.69 Å². The van der Waals surface area contributed by atoms with Gasteiger partial charge in [-0.05, 0) is 44.2 Å². The summed E-state index contributed by atoms with van der Waals surface area (Å²) in [4.78, 5) is 11.7. The summed E-state index contributed by atoms with van der Waals surface area (Å²) < 4.78 is 1.66. The van der Waals surface area contributed by atoms with Gasteiger partial charge in [-0.2, -0.15) is 5.10 Å². The molecule has 5 heteroatoms. The number of aryl methyl sites for hydroxylation is 1. The quantitative estimate of drug-likeness (QED) is 0.796. The number of nitrogens with two attached hydrogens (primary N) is 1. The monoisotopic (exact) mass is 246 g/mol. The van der Waals surface area contributed by atoms with E-state index in [9.17, 15) is 4.79 Å². The van der Waals surface area contributed by atoms with Gasteiger partial charge in [0.15, 0.2) is 0 Å². The summed E-state index contributed by atoms with van der Waals surface area (Å²) in [7, 11) is 0. The third-order valence-corrected chi connectivity index (χ3v) is 3.98. The molecule has 2 heterocycles. The van der Waals surface area contributed by atoms with Gasteiger partial charge in [-0.15, -0.1) is 0 Å². The average molecular weight is 246 g/mol. The summed E-state index contributed by atoms with van der Waals surface area (Å²) in [5, 5.41) is 6.88. The molecule has 1 saturated carbocycles. The molecule has 96 valence electrons. The van der Waals surface area contributed by atoms with Gasteiger partial charge in [0.05, 0.1) is 11.2 Å². The van der Waals surface area contributed by atoms with Crippen LogP contribution in [0.4, 0.5) is 0 Å². The largest absolute Gasteiger partial charge is 0.346 e. The molecule has 0 saturated heterocycles. The van der Waals surface area contributed by atoms with Crippen LogP contribution < -0.4 is 11.4 Å². The normalized spacial score (nSPS) is 24.6. The van der Waals surface area contributed by atoms with Crippen molar-refractivity contribution in [3.05, 3.63) is 34.0 Å². The molecule has 0 spiro atoms. The lowest BCUT2D eigenvalue weighted by Gasteiger charge is -2.25. The molecule has 3 rings (SSSR count). The number of aromatic amines is 1. The highest BCUT2D eigenvalue weighted by Gasteiger charge is 2.24. The third-order valence-electron chi connectivity index (χ3n) is 3.98. The number of aromatic nitrogens is 3. The number of rotatable bonds is 1. The van der Waals surface area contributed by atoms with E-state index in [1.54, 1.807) is 4.40 Å². The van der Waals surface area contributed by atoms with E-state index in [0.717, 1.165) is 42.5 Å². The highest BCUT2D eigenvalue weighted by Crippen LogP contribution is 2.33. The van der Waals surface area contributed by atoms with Crippen molar-refractivity contribution in [2.75, 3.05) is 0 Å². The summed E-state index contributed by atoms with van der Waals surface area (Å²) in [6.07, 6.45) is 6.00. The molecular formula is C13H18N4O. The molecule has 1 aliphatic carbocycles. The maximum Gasteiger partial charge on any atom is 0.346 e. The van der Waals surface area contributed by atoms with Crippen LogP contribution in [-0.2, 0) is 0 Å². The SMILES string of the molecule is Cc1ccn2c(=O)[nH]nc(C3CCC(N)CC3)c12. The van der Waals surface area contributed by atoms with Gasteiger partial charge in [-0.1, -0.05) is 0 Å². The maximum atomic E-state index is 11.7. The Balaban J connectivity index is 2.09. The van der Waals surface area contributed by atoms with Gasteiger partial charge in [-0.25, -0.2) is 9.89 Å². The zero-order valence-electron chi connectivity index (χ0n) is 10.5. The summed E-state index contributed by atoms with van der Waals surface area (Å²) in [6.45, 7) is 2.02. The first-order valence-electron chi connectivity index (χ1n) is 6.48. The average Bonchev–Trinajstić information content (AvgIpc) is 2.75. The minimum Gasteiger partial charge on any atom is -0.328 e. The van der Waals surface area contributed by atoms with Gasteiger partial charge in [0.1, 0.15) is 0 Å². The second kappa shape index (κ2) is 4.24. The Morgan fingerprint density at radius 3 is 2.83 bits per heavy atom. The molecule has 1 aliphatic rings. The van der Waals surface area contributed by atoms with E-state index in [0.29, 0.717) is 12.0 Å². The molecular weight excluding hydrogens is 228 g/mol. The molecule has 2 aromatic heterocycles. The Kier molecular flexibility index (Phi) is 2.70. The molecule has 3 N–H and O–H groups in total. The number of H-pyrrole nitrogens is 1. The highest BCUT2D eigenvalue weighted by atomic mass is 16.1. The van der Waals surface area contributed by atoms with Crippen LogP contribution in [0.3, 0.4) is 0 Å². The van der Waals surface area contributed by atoms with E-state index in [2.05, 4.69) is 10.2 Å². The number of nitrogens with zero attached hydrogens (tertiary/aromatic N) is 2. The number of nitrogens with one attached hydrogen (secondary N) is 1. The van der Waals surface area contributed by atoms with Crippen molar-refractivity contribution >= 4 is 5.52 Å². The van der Waals surface area contributed by atoms with Gasteiger partial charge in [-0.3, -0.25) is 4.40 Å². The van der Waals surface area contributed by atoms with Crippen molar-refractivity contribution in [1.29, 1.82) is 0 Å². The highest BCUT2D eigenvalue weighted by molar-refractivity contribution is 5.59. The Morgan fingerprint density at radius 2 is 2.11 bits per heavy atom. The van der Waals surface area contributed by atoms with Crippen molar-refractivity contribution < 1.29 is 0 Å². The predicted molar refractivity (Wildman–Crippen MR) is 69.7 cm³/mol. The molecule has 2 aromatic rings. The standard InChI is InChI=1S/C13H18N4O/c1-8-6-7-17-12(8)11(15-16-13(17)18)9-2-4-10(14)5-3-9/h6-7,9-10H,2-5,14H2,1H3,(H,16,18). The lowest BCUT2D eigenvalue weighted by molar-refractivity contribution is 0.389. The van der Waals surface area contributed by atoms with Crippen LogP contribution in [0.25, 0.3) is 5.52 Å². The topological polar surface area (TPSA) is 76.2 Å². The van der Waals surface area contributed by atoms with Gasteiger partial charge in [0.2, 0.25) is 0 Å². The molecule has 0 aromatic carbocycles. The van der Waals surface area contributed by atoms with Crippen LogP contribution in [0.5, 0.6) is 0 Å². The molecule has 0 unspecified atom stereocenters. The molecule has 1 fully saturated rings. The molecule has 0 bridgehead atoms. The minimum absolute atomic E-state index is 0.172. The predicted octanol–water partition coefficient (Wildman–Crippen LogP) is 1.32. The van der Waals surface area contributed by atoms with Crippen LogP contribution in [0.1, 0.15) is 42.9 Å². The van der Waals surface area contributed by atoms with Crippen LogP contribution in [0.15, 0.2) is 17.1 Å². The van der Waals surface area contributed by atoms with Crippen molar-refractivity contribution in [1.82, 2.24) is 14.6 Å². The van der Waals surface area contributed by atoms with Crippen molar-refractivity contribution in [3.8, 4) is 0 Å². The Morgan fingerprint density at radius 1 is 1.39 bits per heavy atom. The first-order chi connectivity index (χ1) is 8.66. The molecule has 0 amide bonds. The smallest absolute Gasteiger partial charge is 0.328 e. The second-order valence-corrected chi connectivity index (χ2v) is 5.24. The molecule has 0 radical (unpaired) electrons. The number of hydrogen-bond acceptors (Lipinski definition) is 3. The second-order valence-electron chi connectivity index (χ2n) is 5.24. The van der Waals surface area contributed by atoms with E-state index in [4.69, 9.17) is 5.73 Å². The minimum atomic E-state index is -0.172. The van der Waals surface area contributed by atoms with E-state index >= 15 is 0 Å². The Labute approximate surface area is 105 Å². The zero-order chi connectivity index (χ0) is 12.7. The fourth-order valence-corrected chi connectivity index (χ4v) is 2.92. The summed E-state index contributed by atoms with van der Waals surface area (Å²) in [5.74, 6) is 0.415. The third kappa shape index (κ3) is 1.75. The van der Waals surface area contributed by atoms with E-state index in [1.807, 2.05) is 19.2 Å². The Bertz CT molecular complexity index is 619. The molecule has 5 nitrogen and oxygen atoms in total. The lowest BCUT2D eigenvalue weighted by Crippen LogP contribution is -2.27. The van der Waals surface area contributed by atoms with E-state index in [1.165, 1.54) is 0 Å². The fourth-order valence-electron chi connectivity index (χ4n) is 2.92. The molecule has 18 heavy (non-hydrogen) atoms. The molecule has 0 atom stereocenters. The fraction of sp³-hybridized carbons (Fsp3) is 0.538. The van der Waals surface area contributed by atoms with Gasteiger partial charge >= 0.3 is 5.69 Å². The van der Waals surface area contributed by atoms with Crippen molar-refractivity contribution in [3.63, 3.8) is 0 Å². The Hall–Kier alpha value is -1.62.